The summed E-state index contributed by atoms with van der Waals surface area (Å²) in [5.41, 5.74) is 1.46. The second kappa shape index (κ2) is 10.3. The fourth-order valence-corrected chi connectivity index (χ4v) is 2.37. The molecule has 2 aromatic rings. The van der Waals surface area contributed by atoms with Crippen LogP contribution >= 0.6 is 0 Å². The van der Waals surface area contributed by atoms with Gasteiger partial charge in [-0.25, -0.2) is 4.79 Å². The molecule has 0 spiro atoms. The summed E-state index contributed by atoms with van der Waals surface area (Å²) in [7, 11) is 0. The molecule has 150 valence electrons. The van der Waals surface area contributed by atoms with E-state index in [2.05, 4.69) is 10.6 Å². The Morgan fingerprint density at radius 1 is 0.857 bits per heavy atom. The third-order valence-electron chi connectivity index (χ3n) is 3.65. The first-order valence-corrected chi connectivity index (χ1v) is 9.31. The van der Waals surface area contributed by atoms with Crippen LogP contribution in [-0.4, -0.2) is 30.7 Å². The molecule has 0 aliphatic rings. The van der Waals surface area contributed by atoms with Crippen molar-refractivity contribution in [3.63, 3.8) is 0 Å². The summed E-state index contributed by atoms with van der Waals surface area (Å²) in [6.45, 7) is 6.56. The van der Waals surface area contributed by atoms with Crippen LogP contribution in [0, 0.1) is 0 Å². The van der Waals surface area contributed by atoms with Crippen LogP contribution in [0.2, 0.25) is 0 Å². The van der Waals surface area contributed by atoms with Crippen molar-refractivity contribution < 1.29 is 19.1 Å². The molecular weight excluding hydrogens is 356 g/mol. The highest BCUT2D eigenvalue weighted by molar-refractivity contribution is 5.78. The quantitative estimate of drug-likeness (QED) is 0.684. The van der Waals surface area contributed by atoms with Gasteiger partial charge in [-0.05, 0) is 44.0 Å². The summed E-state index contributed by atoms with van der Waals surface area (Å²) in [4.78, 5) is 23.5. The van der Waals surface area contributed by atoms with Gasteiger partial charge in [0.2, 0.25) is 5.91 Å². The van der Waals surface area contributed by atoms with Crippen LogP contribution in [0.1, 0.15) is 31.9 Å². The van der Waals surface area contributed by atoms with E-state index in [0.29, 0.717) is 19.7 Å². The summed E-state index contributed by atoms with van der Waals surface area (Å²) < 4.78 is 10.9. The maximum atomic E-state index is 12.0. The van der Waals surface area contributed by atoms with E-state index in [1.165, 1.54) is 0 Å². The van der Waals surface area contributed by atoms with Crippen LogP contribution in [0.5, 0.6) is 5.75 Å². The van der Waals surface area contributed by atoms with Crippen LogP contribution in [0.4, 0.5) is 4.79 Å². The summed E-state index contributed by atoms with van der Waals surface area (Å²) in [5, 5.41) is 5.37. The number of carbonyl (C=O) groups excluding carboxylic acids is 2. The SMILES string of the molecule is CC(C)(C)OC(=O)NCCNC(=O)Cc1ccc(OCc2ccccc2)cc1. The normalized spacial score (nSPS) is 10.8. The summed E-state index contributed by atoms with van der Waals surface area (Å²) in [6, 6.07) is 17.4. The minimum Gasteiger partial charge on any atom is -0.489 e. The molecule has 0 aromatic heterocycles. The standard InChI is InChI=1S/C22H28N2O4/c1-22(2,3)28-21(26)24-14-13-23-20(25)15-17-9-11-19(12-10-17)27-16-18-7-5-4-6-8-18/h4-12H,13-16H2,1-3H3,(H,23,25)(H,24,26). The Morgan fingerprint density at radius 3 is 2.14 bits per heavy atom. The zero-order chi connectivity index (χ0) is 20.4. The first kappa shape index (κ1) is 21.3. The Kier molecular flexibility index (Phi) is 7.87. The Balaban J connectivity index is 1.66. The van der Waals surface area contributed by atoms with Gasteiger partial charge in [-0.1, -0.05) is 42.5 Å². The van der Waals surface area contributed by atoms with E-state index < -0.39 is 11.7 Å². The average Bonchev–Trinajstić information content (AvgIpc) is 2.64. The monoisotopic (exact) mass is 384 g/mol. The molecular formula is C22H28N2O4. The van der Waals surface area contributed by atoms with E-state index >= 15 is 0 Å². The van der Waals surface area contributed by atoms with E-state index in [1.54, 1.807) is 20.8 Å². The van der Waals surface area contributed by atoms with E-state index in [1.807, 2.05) is 54.6 Å². The zero-order valence-electron chi connectivity index (χ0n) is 16.7. The van der Waals surface area contributed by atoms with Crippen molar-refractivity contribution in [1.82, 2.24) is 10.6 Å². The lowest BCUT2D eigenvalue weighted by molar-refractivity contribution is -0.120. The fourth-order valence-electron chi connectivity index (χ4n) is 2.37. The summed E-state index contributed by atoms with van der Waals surface area (Å²) in [5.74, 6) is 0.651. The first-order valence-electron chi connectivity index (χ1n) is 9.31. The van der Waals surface area contributed by atoms with Crippen LogP contribution in [0.25, 0.3) is 0 Å². The van der Waals surface area contributed by atoms with E-state index in [-0.39, 0.29) is 12.3 Å². The maximum absolute atomic E-state index is 12.0. The van der Waals surface area contributed by atoms with Crippen LogP contribution in [0.3, 0.4) is 0 Å². The largest absolute Gasteiger partial charge is 0.489 e. The molecule has 0 bridgehead atoms. The molecule has 0 saturated carbocycles. The van der Waals surface area contributed by atoms with E-state index in [0.717, 1.165) is 16.9 Å². The van der Waals surface area contributed by atoms with Gasteiger partial charge in [0.05, 0.1) is 6.42 Å². The highest BCUT2D eigenvalue weighted by Crippen LogP contribution is 2.14. The summed E-state index contributed by atoms with van der Waals surface area (Å²) in [6.07, 6.45) is -0.223. The lowest BCUT2D eigenvalue weighted by atomic mass is 10.1. The Hall–Kier alpha value is -3.02. The molecule has 0 aliphatic carbocycles. The van der Waals surface area contributed by atoms with Crippen LogP contribution in [-0.2, 0) is 22.6 Å². The Morgan fingerprint density at radius 2 is 1.50 bits per heavy atom. The van der Waals surface area contributed by atoms with Crippen molar-refractivity contribution in [3.8, 4) is 5.75 Å². The number of alkyl carbamates (subject to hydrolysis) is 1. The van der Waals surface area contributed by atoms with Gasteiger partial charge in [0.1, 0.15) is 18.0 Å². The van der Waals surface area contributed by atoms with Crippen molar-refractivity contribution in [3.05, 3.63) is 65.7 Å². The van der Waals surface area contributed by atoms with Crippen molar-refractivity contribution in [2.24, 2.45) is 0 Å². The molecule has 0 radical (unpaired) electrons. The third-order valence-corrected chi connectivity index (χ3v) is 3.65. The number of hydrogen-bond donors (Lipinski definition) is 2. The van der Waals surface area contributed by atoms with Gasteiger partial charge in [0, 0.05) is 13.1 Å². The third kappa shape index (κ3) is 8.58. The molecule has 2 aromatic carbocycles. The molecule has 6 heteroatoms. The van der Waals surface area contributed by atoms with Gasteiger partial charge in [-0.2, -0.15) is 0 Å². The van der Waals surface area contributed by atoms with Gasteiger partial charge < -0.3 is 20.1 Å². The predicted octanol–water partition coefficient (Wildman–Crippen LogP) is 3.45. The van der Waals surface area contributed by atoms with Gasteiger partial charge >= 0.3 is 6.09 Å². The smallest absolute Gasteiger partial charge is 0.407 e. The molecule has 2 amide bonds. The topological polar surface area (TPSA) is 76.7 Å². The Labute approximate surface area is 166 Å². The number of nitrogens with one attached hydrogen (secondary N) is 2. The molecule has 0 aliphatic heterocycles. The van der Waals surface area contributed by atoms with Crippen LogP contribution < -0.4 is 15.4 Å². The number of rotatable bonds is 8. The van der Waals surface area contributed by atoms with Crippen molar-refractivity contribution in [2.75, 3.05) is 13.1 Å². The predicted molar refractivity (Wildman–Crippen MR) is 108 cm³/mol. The molecule has 0 heterocycles. The molecule has 0 fully saturated rings. The number of hydrogen-bond acceptors (Lipinski definition) is 4. The Bertz CT molecular complexity index is 752. The zero-order valence-corrected chi connectivity index (χ0v) is 16.7. The lowest BCUT2D eigenvalue weighted by Gasteiger charge is -2.19. The lowest BCUT2D eigenvalue weighted by Crippen LogP contribution is -2.38. The van der Waals surface area contributed by atoms with E-state index in [4.69, 9.17) is 9.47 Å². The molecule has 2 rings (SSSR count). The second-order valence-corrected chi connectivity index (χ2v) is 7.37. The highest BCUT2D eigenvalue weighted by Gasteiger charge is 2.15. The molecule has 0 saturated heterocycles. The number of ether oxygens (including phenoxy) is 2. The fraction of sp³-hybridized carbons (Fsp3) is 0.364. The molecule has 0 unspecified atom stereocenters. The molecule has 2 N–H and O–H groups in total. The van der Waals surface area contributed by atoms with Crippen molar-refractivity contribution in [1.29, 1.82) is 0 Å². The van der Waals surface area contributed by atoms with Gasteiger partial charge in [-0.3, -0.25) is 4.79 Å². The maximum Gasteiger partial charge on any atom is 0.407 e. The minimum atomic E-state index is -0.537. The number of amides is 2. The second-order valence-electron chi connectivity index (χ2n) is 7.37. The molecule has 6 nitrogen and oxygen atoms in total. The van der Waals surface area contributed by atoms with Gasteiger partial charge in [0.25, 0.3) is 0 Å². The van der Waals surface area contributed by atoms with Gasteiger partial charge in [0.15, 0.2) is 0 Å². The number of carbonyl (C=O) groups is 2. The van der Waals surface area contributed by atoms with Crippen molar-refractivity contribution >= 4 is 12.0 Å². The minimum absolute atomic E-state index is 0.107. The first-order chi connectivity index (χ1) is 13.3. The van der Waals surface area contributed by atoms with E-state index in [9.17, 15) is 9.59 Å². The highest BCUT2D eigenvalue weighted by atomic mass is 16.6. The average molecular weight is 384 g/mol. The summed E-state index contributed by atoms with van der Waals surface area (Å²) >= 11 is 0. The number of benzene rings is 2. The van der Waals surface area contributed by atoms with Gasteiger partial charge in [-0.15, -0.1) is 0 Å². The van der Waals surface area contributed by atoms with Crippen LogP contribution in [0.15, 0.2) is 54.6 Å². The van der Waals surface area contributed by atoms with Crippen molar-refractivity contribution in [2.45, 2.75) is 39.4 Å². The molecule has 28 heavy (non-hydrogen) atoms. The molecule has 0 atom stereocenters.